The van der Waals surface area contributed by atoms with Gasteiger partial charge in [0, 0.05) is 16.7 Å². The molecule has 0 bridgehead atoms. The first-order valence-corrected chi connectivity index (χ1v) is 11.1. The summed E-state index contributed by atoms with van der Waals surface area (Å²) in [5, 5.41) is 3.48. The van der Waals surface area contributed by atoms with Crippen molar-refractivity contribution in [1.82, 2.24) is 9.80 Å². The Bertz CT molecular complexity index is 999. The van der Waals surface area contributed by atoms with Gasteiger partial charge >= 0.3 is 0 Å². The molecule has 1 unspecified atom stereocenters. The largest absolute Gasteiger partial charge is 0.493 e. The van der Waals surface area contributed by atoms with Gasteiger partial charge in [-0.2, -0.15) is 0 Å². The zero-order valence-corrected chi connectivity index (χ0v) is 19.0. The summed E-state index contributed by atoms with van der Waals surface area (Å²) in [7, 11) is 5.43. The van der Waals surface area contributed by atoms with Crippen molar-refractivity contribution in [3.8, 4) is 11.5 Å². The van der Waals surface area contributed by atoms with E-state index in [0.717, 1.165) is 41.9 Å². The van der Waals surface area contributed by atoms with Crippen LogP contribution in [0.25, 0.3) is 0 Å². The van der Waals surface area contributed by atoms with Crippen molar-refractivity contribution in [1.29, 1.82) is 0 Å². The summed E-state index contributed by atoms with van der Waals surface area (Å²) in [4.78, 5) is 0. The van der Waals surface area contributed by atoms with Crippen molar-refractivity contribution < 1.29 is 9.47 Å². The second kappa shape index (κ2) is 9.13. The number of para-hydroxylation sites is 2. The molecule has 1 aliphatic rings. The summed E-state index contributed by atoms with van der Waals surface area (Å²) in [5.74, 6) is 1.53. The molecular weight excluding hydrogens is 384 g/mol. The molecule has 0 aliphatic carbocycles. The molecule has 0 amide bonds. The third-order valence-electron chi connectivity index (χ3n) is 6.73. The lowest BCUT2D eigenvalue weighted by Gasteiger charge is -2.44. The molecular formula is C27H33N2O2+. The highest BCUT2D eigenvalue weighted by Gasteiger charge is 2.45. The molecule has 0 radical (unpaired) electrons. The second-order valence-corrected chi connectivity index (χ2v) is 8.13. The molecule has 0 saturated heterocycles. The lowest BCUT2D eigenvalue weighted by Crippen LogP contribution is -2.51. The molecule has 3 aromatic rings. The number of quaternary nitrogens is 1. The van der Waals surface area contributed by atoms with Gasteiger partial charge in [-0.25, -0.2) is 0 Å². The number of aryl methyl sites for hydroxylation is 2. The minimum atomic E-state index is 0.176. The zero-order valence-electron chi connectivity index (χ0n) is 19.0. The number of likely N-dealkylation sites (N-methyl/N-ethyl adjacent to an activating group) is 2. The molecule has 4 nitrogen and oxygen atoms in total. The maximum absolute atomic E-state index is 5.67. The molecule has 1 aliphatic heterocycles. The SMILES string of the molecule is CC[N+]1(C(CNC)c2ccc(OC)c(OC)c2)c2ccccc2CCc2ccccc21. The predicted octanol–water partition coefficient (Wildman–Crippen LogP) is 5.42. The van der Waals surface area contributed by atoms with Gasteiger partial charge in [0.15, 0.2) is 11.5 Å². The Labute approximate surface area is 186 Å². The number of nitrogens with one attached hydrogen (secondary N) is 1. The summed E-state index contributed by atoms with van der Waals surface area (Å²) >= 11 is 0. The van der Waals surface area contributed by atoms with Crippen LogP contribution < -0.4 is 19.3 Å². The molecule has 4 heteroatoms. The quantitative estimate of drug-likeness (QED) is 0.521. The Morgan fingerprint density at radius 3 is 1.94 bits per heavy atom. The molecule has 1 heterocycles. The third kappa shape index (κ3) is 3.60. The van der Waals surface area contributed by atoms with Crippen LogP contribution in [0.4, 0.5) is 11.4 Å². The fourth-order valence-corrected chi connectivity index (χ4v) is 5.30. The number of ether oxygens (including phenoxy) is 2. The van der Waals surface area contributed by atoms with Crippen LogP contribution in [0.2, 0.25) is 0 Å². The van der Waals surface area contributed by atoms with Gasteiger partial charge in [-0.1, -0.05) is 36.4 Å². The van der Waals surface area contributed by atoms with E-state index < -0.39 is 0 Å². The van der Waals surface area contributed by atoms with Gasteiger partial charge in [0.2, 0.25) is 0 Å². The monoisotopic (exact) mass is 417 g/mol. The van der Waals surface area contributed by atoms with E-state index in [1.807, 2.05) is 13.1 Å². The number of hydrogen-bond donors (Lipinski definition) is 1. The number of fused-ring (bicyclic) bond motifs is 2. The van der Waals surface area contributed by atoms with Gasteiger partial charge in [-0.15, -0.1) is 0 Å². The van der Waals surface area contributed by atoms with E-state index in [1.165, 1.54) is 28.1 Å². The number of hydrogen-bond acceptors (Lipinski definition) is 3. The van der Waals surface area contributed by atoms with Crippen molar-refractivity contribution in [2.24, 2.45) is 0 Å². The molecule has 3 aromatic carbocycles. The number of nitrogens with zero attached hydrogens (tertiary/aromatic N) is 1. The number of benzene rings is 3. The maximum atomic E-state index is 5.67. The average molecular weight is 418 g/mol. The third-order valence-corrected chi connectivity index (χ3v) is 6.73. The lowest BCUT2D eigenvalue weighted by molar-refractivity contribution is 0.292. The summed E-state index contributed by atoms with van der Waals surface area (Å²) in [6.45, 7) is 4.10. The van der Waals surface area contributed by atoms with Crippen LogP contribution in [0, 0.1) is 0 Å². The van der Waals surface area contributed by atoms with Crippen LogP contribution in [-0.4, -0.2) is 34.4 Å². The molecule has 0 aromatic heterocycles. The van der Waals surface area contributed by atoms with Crippen molar-refractivity contribution >= 4 is 11.4 Å². The van der Waals surface area contributed by atoms with Crippen LogP contribution in [0.1, 0.15) is 29.7 Å². The Morgan fingerprint density at radius 1 is 0.839 bits per heavy atom. The minimum Gasteiger partial charge on any atom is -0.493 e. The van der Waals surface area contributed by atoms with Crippen molar-refractivity contribution in [3.05, 3.63) is 83.4 Å². The van der Waals surface area contributed by atoms with E-state index in [0.29, 0.717) is 0 Å². The van der Waals surface area contributed by atoms with Gasteiger partial charge in [0.05, 0.1) is 27.3 Å². The van der Waals surface area contributed by atoms with Crippen LogP contribution in [-0.2, 0) is 12.8 Å². The van der Waals surface area contributed by atoms with Crippen molar-refractivity contribution in [2.75, 3.05) is 34.4 Å². The Hall–Kier alpha value is -2.82. The minimum absolute atomic E-state index is 0.176. The highest BCUT2D eigenvalue weighted by atomic mass is 16.5. The van der Waals surface area contributed by atoms with E-state index in [-0.39, 0.29) is 6.04 Å². The van der Waals surface area contributed by atoms with Gasteiger partial charge < -0.3 is 14.8 Å². The molecule has 31 heavy (non-hydrogen) atoms. The molecule has 1 N–H and O–H groups in total. The molecule has 1 atom stereocenters. The number of methoxy groups -OCH3 is 2. The molecule has 0 spiro atoms. The van der Waals surface area contributed by atoms with Crippen LogP contribution in [0.3, 0.4) is 0 Å². The van der Waals surface area contributed by atoms with Gasteiger partial charge in [-0.3, -0.25) is 4.48 Å². The highest BCUT2D eigenvalue weighted by Crippen LogP contribution is 2.49. The zero-order chi connectivity index (χ0) is 21.8. The average Bonchev–Trinajstić information content (AvgIpc) is 2.97. The van der Waals surface area contributed by atoms with Crippen LogP contribution in [0.15, 0.2) is 66.7 Å². The normalized spacial score (nSPS) is 15.4. The first kappa shape index (κ1) is 21.4. The highest BCUT2D eigenvalue weighted by molar-refractivity contribution is 5.68. The fraction of sp³-hybridized carbons (Fsp3) is 0.333. The topological polar surface area (TPSA) is 30.5 Å². The van der Waals surface area contributed by atoms with E-state index in [2.05, 4.69) is 72.9 Å². The van der Waals surface area contributed by atoms with Gasteiger partial charge in [-0.05, 0) is 57.1 Å². The van der Waals surface area contributed by atoms with Gasteiger partial charge in [0.25, 0.3) is 0 Å². The van der Waals surface area contributed by atoms with Crippen LogP contribution in [0.5, 0.6) is 11.5 Å². The Kier molecular flexibility index (Phi) is 6.30. The Morgan fingerprint density at radius 2 is 1.42 bits per heavy atom. The Balaban J connectivity index is 2.01. The smallest absolute Gasteiger partial charge is 0.161 e. The van der Waals surface area contributed by atoms with E-state index in [4.69, 9.17) is 9.47 Å². The van der Waals surface area contributed by atoms with E-state index in [9.17, 15) is 0 Å². The maximum Gasteiger partial charge on any atom is 0.161 e. The molecule has 0 saturated carbocycles. The fourth-order valence-electron chi connectivity index (χ4n) is 5.30. The van der Waals surface area contributed by atoms with E-state index >= 15 is 0 Å². The van der Waals surface area contributed by atoms with Crippen molar-refractivity contribution in [3.63, 3.8) is 0 Å². The summed E-state index contributed by atoms with van der Waals surface area (Å²) in [6, 6.07) is 24.5. The van der Waals surface area contributed by atoms with Crippen molar-refractivity contribution in [2.45, 2.75) is 25.8 Å². The standard InChI is InChI=1S/C27H33N2O2/c1-5-29(25(19-28-2)22-16-17-26(30-3)27(18-22)31-4)23-12-8-6-10-20(23)14-15-21-11-7-9-13-24(21)29/h6-13,16-18,25,28H,5,14-15,19H2,1-4H3/q+1. The first-order chi connectivity index (χ1) is 15.2. The van der Waals surface area contributed by atoms with E-state index in [1.54, 1.807) is 14.2 Å². The van der Waals surface area contributed by atoms with Gasteiger partial charge in [0.1, 0.15) is 17.4 Å². The number of rotatable bonds is 7. The first-order valence-electron chi connectivity index (χ1n) is 11.1. The second-order valence-electron chi connectivity index (χ2n) is 8.13. The summed E-state index contributed by atoms with van der Waals surface area (Å²) in [5.41, 5.74) is 6.89. The molecule has 162 valence electrons. The van der Waals surface area contributed by atoms with Crippen LogP contribution >= 0.6 is 0 Å². The lowest BCUT2D eigenvalue weighted by atomic mass is 9.96. The molecule has 0 fully saturated rings. The summed E-state index contributed by atoms with van der Waals surface area (Å²) < 4.78 is 12.0. The summed E-state index contributed by atoms with van der Waals surface area (Å²) in [6.07, 6.45) is 2.12. The molecule has 4 rings (SSSR count). The predicted molar refractivity (Wildman–Crippen MR) is 129 cm³/mol.